The first-order valence-corrected chi connectivity index (χ1v) is 7.75. The normalized spacial score (nSPS) is 22.6. The van der Waals surface area contributed by atoms with Crippen LogP contribution in [0.4, 0.5) is 4.39 Å². The molecule has 0 saturated carbocycles. The molecule has 1 N–H and O–H groups in total. The van der Waals surface area contributed by atoms with Gasteiger partial charge in [0.1, 0.15) is 5.82 Å². The first kappa shape index (κ1) is 14.3. The van der Waals surface area contributed by atoms with Gasteiger partial charge in [-0.05, 0) is 54.5 Å². The van der Waals surface area contributed by atoms with Crippen LogP contribution in [0, 0.1) is 5.82 Å². The van der Waals surface area contributed by atoms with Gasteiger partial charge in [0.25, 0.3) is 0 Å². The van der Waals surface area contributed by atoms with Crippen molar-refractivity contribution in [3.8, 4) is 0 Å². The van der Waals surface area contributed by atoms with Crippen LogP contribution in [-0.2, 0) is 0 Å². The lowest BCUT2D eigenvalue weighted by atomic mass is 9.80. The van der Waals surface area contributed by atoms with Gasteiger partial charge in [0.2, 0.25) is 0 Å². The van der Waals surface area contributed by atoms with E-state index in [1.807, 2.05) is 6.07 Å². The smallest absolute Gasteiger partial charge is 0.123 e. The summed E-state index contributed by atoms with van der Waals surface area (Å²) in [6.45, 7) is 4.40. The van der Waals surface area contributed by atoms with E-state index in [1.54, 1.807) is 12.1 Å². The van der Waals surface area contributed by atoms with Crippen LogP contribution < -0.4 is 5.32 Å². The molecular weight excluding hydrogens is 261 g/mol. The summed E-state index contributed by atoms with van der Waals surface area (Å²) in [6, 6.07) is 16.1. The molecule has 0 spiro atoms. The highest BCUT2D eigenvalue weighted by Gasteiger charge is 2.25. The van der Waals surface area contributed by atoms with Gasteiger partial charge < -0.3 is 5.32 Å². The van der Waals surface area contributed by atoms with Gasteiger partial charge in [-0.15, -0.1) is 0 Å². The maximum Gasteiger partial charge on any atom is 0.123 e. The largest absolute Gasteiger partial charge is 0.303 e. The van der Waals surface area contributed by atoms with Crippen molar-refractivity contribution in [2.45, 2.75) is 44.7 Å². The maximum absolute atomic E-state index is 13.4. The summed E-state index contributed by atoms with van der Waals surface area (Å²) in [5, 5.41) is 3.67. The van der Waals surface area contributed by atoms with Crippen LogP contribution in [0.1, 0.15) is 61.4 Å². The van der Waals surface area contributed by atoms with Gasteiger partial charge in [0, 0.05) is 12.1 Å². The van der Waals surface area contributed by atoms with E-state index >= 15 is 0 Å². The van der Waals surface area contributed by atoms with Crippen LogP contribution in [0.3, 0.4) is 0 Å². The Morgan fingerprint density at radius 1 is 1.05 bits per heavy atom. The Hall–Kier alpha value is -1.67. The molecule has 0 fully saturated rings. The van der Waals surface area contributed by atoms with Crippen molar-refractivity contribution in [2.24, 2.45) is 0 Å². The molecule has 2 heteroatoms. The van der Waals surface area contributed by atoms with Crippen molar-refractivity contribution in [1.82, 2.24) is 5.32 Å². The second-order valence-electron chi connectivity index (χ2n) is 6.10. The number of hydrogen-bond acceptors (Lipinski definition) is 1. The Labute approximate surface area is 126 Å². The fourth-order valence-electron chi connectivity index (χ4n) is 3.35. The first-order valence-electron chi connectivity index (χ1n) is 7.75. The van der Waals surface area contributed by atoms with Crippen LogP contribution in [0.15, 0.2) is 48.5 Å². The lowest BCUT2D eigenvalue weighted by Crippen LogP contribution is -2.28. The second kappa shape index (κ2) is 5.98. The molecule has 0 bridgehead atoms. The lowest BCUT2D eigenvalue weighted by Gasteiger charge is -2.32. The van der Waals surface area contributed by atoms with Gasteiger partial charge in [0.05, 0.1) is 0 Å². The maximum atomic E-state index is 13.4. The van der Waals surface area contributed by atoms with E-state index in [4.69, 9.17) is 0 Å². The summed E-state index contributed by atoms with van der Waals surface area (Å²) in [7, 11) is 0. The third-order valence-electron chi connectivity index (χ3n) is 4.59. The average molecular weight is 283 g/mol. The molecule has 3 atom stereocenters. The van der Waals surface area contributed by atoms with Crippen LogP contribution in [0.25, 0.3) is 0 Å². The first-order chi connectivity index (χ1) is 10.1. The molecule has 0 heterocycles. The molecule has 2 aromatic carbocycles. The average Bonchev–Trinajstić information content (AvgIpc) is 2.50. The van der Waals surface area contributed by atoms with Crippen molar-refractivity contribution in [3.63, 3.8) is 0 Å². The number of rotatable bonds is 3. The van der Waals surface area contributed by atoms with Gasteiger partial charge in [-0.1, -0.05) is 43.3 Å². The molecule has 0 radical (unpaired) electrons. The highest BCUT2D eigenvalue weighted by Crippen LogP contribution is 2.38. The summed E-state index contributed by atoms with van der Waals surface area (Å²) in [4.78, 5) is 0. The van der Waals surface area contributed by atoms with Crippen molar-refractivity contribution in [3.05, 3.63) is 71.0 Å². The van der Waals surface area contributed by atoms with Crippen LogP contribution in [0.2, 0.25) is 0 Å². The third kappa shape index (κ3) is 3.01. The van der Waals surface area contributed by atoms with E-state index in [2.05, 4.69) is 43.4 Å². The second-order valence-corrected chi connectivity index (χ2v) is 6.10. The molecule has 0 aromatic heterocycles. The molecular formula is C19H22FN. The zero-order valence-electron chi connectivity index (χ0n) is 12.6. The standard InChI is InChI=1S/C19H22FN/c1-13-10-11-19(18-9-4-3-8-17(13)18)21-14(2)15-6-5-7-16(20)12-15/h3-9,12-14,19,21H,10-11H2,1-2H3/t13?,14-,19?/m0/s1. The number of fused-ring (bicyclic) bond motifs is 1. The monoisotopic (exact) mass is 283 g/mol. The number of benzene rings is 2. The fraction of sp³-hybridized carbons (Fsp3) is 0.368. The van der Waals surface area contributed by atoms with E-state index in [0.29, 0.717) is 12.0 Å². The molecule has 2 unspecified atom stereocenters. The Kier molecular flexibility index (Phi) is 4.07. The van der Waals surface area contributed by atoms with Gasteiger partial charge in [0.15, 0.2) is 0 Å². The molecule has 1 aliphatic rings. The van der Waals surface area contributed by atoms with Crippen molar-refractivity contribution >= 4 is 0 Å². The predicted molar refractivity (Wildman–Crippen MR) is 84.8 cm³/mol. The summed E-state index contributed by atoms with van der Waals surface area (Å²) in [5.41, 5.74) is 3.86. The zero-order chi connectivity index (χ0) is 14.8. The topological polar surface area (TPSA) is 12.0 Å². The highest BCUT2D eigenvalue weighted by atomic mass is 19.1. The fourth-order valence-corrected chi connectivity index (χ4v) is 3.35. The van der Waals surface area contributed by atoms with E-state index in [0.717, 1.165) is 12.0 Å². The number of nitrogens with one attached hydrogen (secondary N) is 1. The highest BCUT2D eigenvalue weighted by molar-refractivity contribution is 5.35. The summed E-state index contributed by atoms with van der Waals surface area (Å²) in [6.07, 6.45) is 2.34. The van der Waals surface area contributed by atoms with Crippen LogP contribution in [-0.4, -0.2) is 0 Å². The molecule has 1 aliphatic carbocycles. The third-order valence-corrected chi connectivity index (χ3v) is 4.59. The minimum Gasteiger partial charge on any atom is -0.303 e. The Morgan fingerprint density at radius 2 is 1.81 bits per heavy atom. The van der Waals surface area contributed by atoms with E-state index in [9.17, 15) is 4.39 Å². The number of hydrogen-bond donors (Lipinski definition) is 1. The van der Waals surface area contributed by atoms with Crippen LogP contribution in [0.5, 0.6) is 0 Å². The van der Waals surface area contributed by atoms with Crippen molar-refractivity contribution < 1.29 is 4.39 Å². The molecule has 0 saturated heterocycles. The molecule has 0 amide bonds. The zero-order valence-corrected chi connectivity index (χ0v) is 12.6. The van der Waals surface area contributed by atoms with Gasteiger partial charge in [-0.2, -0.15) is 0 Å². The summed E-state index contributed by atoms with van der Waals surface area (Å²) >= 11 is 0. The van der Waals surface area contributed by atoms with Crippen LogP contribution >= 0.6 is 0 Å². The van der Waals surface area contributed by atoms with Gasteiger partial charge >= 0.3 is 0 Å². The molecule has 0 aliphatic heterocycles. The quantitative estimate of drug-likeness (QED) is 0.825. The van der Waals surface area contributed by atoms with Crippen molar-refractivity contribution in [1.29, 1.82) is 0 Å². The minimum atomic E-state index is -0.168. The Balaban J connectivity index is 1.81. The predicted octanol–water partition coefficient (Wildman–Crippen LogP) is 5.11. The van der Waals surface area contributed by atoms with Gasteiger partial charge in [-0.3, -0.25) is 0 Å². The van der Waals surface area contributed by atoms with Crippen molar-refractivity contribution in [2.75, 3.05) is 0 Å². The molecule has 1 nitrogen and oxygen atoms in total. The molecule has 110 valence electrons. The number of halogens is 1. The Morgan fingerprint density at radius 3 is 2.57 bits per heavy atom. The van der Waals surface area contributed by atoms with E-state index in [1.165, 1.54) is 23.6 Å². The minimum absolute atomic E-state index is 0.146. The summed E-state index contributed by atoms with van der Waals surface area (Å²) in [5.74, 6) is 0.461. The molecule has 2 aromatic rings. The molecule has 21 heavy (non-hydrogen) atoms. The van der Waals surface area contributed by atoms with Gasteiger partial charge in [-0.25, -0.2) is 4.39 Å². The Bertz CT molecular complexity index is 622. The van der Waals surface area contributed by atoms with E-state index < -0.39 is 0 Å². The van der Waals surface area contributed by atoms with E-state index in [-0.39, 0.29) is 11.9 Å². The summed E-state index contributed by atoms with van der Waals surface area (Å²) < 4.78 is 13.4. The lowest BCUT2D eigenvalue weighted by molar-refractivity contribution is 0.395. The molecule has 3 rings (SSSR count). The SMILES string of the molecule is CC1CCC(N[C@@H](C)c2cccc(F)c2)c2ccccc21.